The lowest BCUT2D eigenvalue weighted by atomic mass is 10.1. The number of nitrogens with one attached hydrogen (secondary N) is 1. The molecule has 1 fully saturated rings. The summed E-state index contributed by atoms with van der Waals surface area (Å²) >= 11 is 0. The van der Waals surface area contributed by atoms with Crippen LogP contribution in [-0.2, 0) is 14.4 Å². The Morgan fingerprint density at radius 2 is 2.24 bits per heavy atom. The van der Waals surface area contributed by atoms with E-state index in [0.29, 0.717) is 25.7 Å². The second kappa shape index (κ2) is 7.60. The molecule has 100 valence electrons. The van der Waals surface area contributed by atoms with E-state index >= 15 is 0 Å². The van der Waals surface area contributed by atoms with Gasteiger partial charge in [-0.1, -0.05) is 0 Å². The average molecular weight is 245 g/mol. The normalized spacial score (nSPS) is 17.2. The first-order chi connectivity index (χ1) is 8.17. The number of carbonyl (C=O) groups is 1. The van der Waals surface area contributed by atoms with E-state index in [1.54, 1.807) is 7.11 Å². The summed E-state index contributed by atoms with van der Waals surface area (Å²) in [6.45, 7) is 6.12. The fraction of sp³-hybridized carbons (Fsp3) is 0.909. The van der Waals surface area contributed by atoms with Gasteiger partial charge in [-0.25, -0.2) is 5.48 Å². The Labute approximate surface area is 103 Å². The largest absolute Gasteiger partial charge is 0.465 e. The Balaban J connectivity index is 2.33. The van der Waals surface area contributed by atoms with E-state index in [9.17, 15) is 4.79 Å². The Bertz CT molecular complexity index is 232. The topological polar surface area (TPSA) is 54.0 Å². The van der Waals surface area contributed by atoms with Crippen molar-refractivity contribution < 1.29 is 14.4 Å². The first-order valence-electron chi connectivity index (χ1n) is 6.01. The molecule has 17 heavy (non-hydrogen) atoms. The van der Waals surface area contributed by atoms with Gasteiger partial charge in [0.15, 0.2) is 0 Å². The lowest BCUT2D eigenvalue weighted by Gasteiger charge is -2.43. The van der Waals surface area contributed by atoms with Crippen molar-refractivity contribution in [1.82, 2.24) is 15.3 Å². The minimum atomic E-state index is -0.153. The van der Waals surface area contributed by atoms with Crippen molar-refractivity contribution in [3.05, 3.63) is 0 Å². The molecule has 1 N–H and O–H groups in total. The van der Waals surface area contributed by atoms with Gasteiger partial charge in [0.2, 0.25) is 0 Å². The van der Waals surface area contributed by atoms with E-state index in [-0.39, 0.29) is 5.97 Å². The Hall–Kier alpha value is -0.690. The van der Waals surface area contributed by atoms with Gasteiger partial charge in [-0.05, 0) is 14.0 Å². The number of rotatable bonds is 8. The number of hydroxylamine groups is 1. The van der Waals surface area contributed by atoms with Gasteiger partial charge in [0.1, 0.15) is 0 Å². The van der Waals surface area contributed by atoms with Gasteiger partial charge in [-0.2, -0.15) is 0 Å². The number of ether oxygens (including phenoxy) is 1. The molecule has 6 nitrogen and oxygen atoms in total. The molecule has 0 radical (unpaired) electrons. The molecular weight excluding hydrogens is 222 g/mol. The number of likely N-dealkylation sites (N-methyl/N-ethyl adjacent to an activating group) is 1. The molecular formula is C11H23N3O3. The lowest BCUT2D eigenvalue weighted by Crippen LogP contribution is -2.59. The van der Waals surface area contributed by atoms with Crippen LogP contribution in [0.3, 0.4) is 0 Å². The minimum Gasteiger partial charge on any atom is -0.465 e. The van der Waals surface area contributed by atoms with Gasteiger partial charge in [0.05, 0.1) is 20.3 Å². The number of likely N-dealkylation sites (tertiary alicyclic amines) is 1. The quantitative estimate of drug-likeness (QED) is 0.347. The summed E-state index contributed by atoms with van der Waals surface area (Å²) in [5, 5.41) is 0. The zero-order chi connectivity index (χ0) is 12.7. The molecule has 0 aromatic heterocycles. The summed E-state index contributed by atoms with van der Waals surface area (Å²) in [6, 6.07) is 0.447. The van der Waals surface area contributed by atoms with Crippen LogP contribution in [0.25, 0.3) is 0 Å². The molecule has 0 aromatic carbocycles. The summed E-state index contributed by atoms with van der Waals surface area (Å²) in [7, 11) is 3.67. The van der Waals surface area contributed by atoms with Crippen LogP contribution in [0.2, 0.25) is 0 Å². The first-order valence-corrected chi connectivity index (χ1v) is 6.01. The van der Waals surface area contributed by atoms with Crippen molar-refractivity contribution in [2.45, 2.75) is 13.0 Å². The highest BCUT2D eigenvalue weighted by atomic mass is 16.6. The van der Waals surface area contributed by atoms with Crippen molar-refractivity contribution in [2.75, 3.05) is 53.5 Å². The third-order valence-corrected chi connectivity index (χ3v) is 2.84. The molecule has 0 amide bonds. The maximum Gasteiger partial charge on any atom is 0.320 e. The molecule has 0 saturated carbocycles. The monoisotopic (exact) mass is 245 g/mol. The van der Waals surface area contributed by atoms with Crippen LogP contribution in [0.5, 0.6) is 0 Å². The third kappa shape index (κ3) is 4.99. The molecule has 1 saturated heterocycles. The van der Waals surface area contributed by atoms with E-state index < -0.39 is 0 Å². The van der Waals surface area contributed by atoms with E-state index in [2.05, 4.69) is 22.3 Å². The fourth-order valence-corrected chi connectivity index (χ4v) is 1.95. The molecule has 0 bridgehead atoms. The van der Waals surface area contributed by atoms with Gasteiger partial charge < -0.3 is 14.5 Å². The standard InChI is InChI=1S/C11H23N3O3/c1-4-17-11(15)9-14(6-5-12-16-3)10-7-13(2)8-10/h10,12H,4-9H2,1-3H3. The van der Waals surface area contributed by atoms with Gasteiger partial charge in [0, 0.05) is 32.2 Å². The maximum absolute atomic E-state index is 11.5. The summed E-state index contributed by atoms with van der Waals surface area (Å²) in [5.74, 6) is -0.153. The zero-order valence-electron chi connectivity index (χ0n) is 10.9. The van der Waals surface area contributed by atoms with E-state index in [4.69, 9.17) is 9.57 Å². The first kappa shape index (κ1) is 14.4. The van der Waals surface area contributed by atoms with Crippen LogP contribution in [0.15, 0.2) is 0 Å². The summed E-state index contributed by atoms with van der Waals surface area (Å²) in [5.41, 5.74) is 2.79. The predicted octanol–water partition coefficient (Wildman–Crippen LogP) is -0.683. The number of nitrogens with zero attached hydrogens (tertiary/aromatic N) is 2. The van der Waals surface area contributed by atoms with E-state index in [0.717, 1.165) is 19.6 Å². The van der Waals surface area contributed by atoms with Crippen LogP contribution in [0.1, 0.15) is 6.92 Å². The molecule has 6 heteroatoms. The molecule has 0 atom stereocenters. The Morgan fingerprint density at radius 3 is 2.76 bits per heavy atom. The molecule has 0 unspecified atom stereocenters. The number of carbonyl (C=O) groups excluding carboxylic acids is 1. The Kier molecular flexibility index (Phi) is 6.43. The number of hydrogen-bond donors (Lipinski definition) is 1. The van der Waals surface area contributed by atoms with Crippen molar-refractivity contribution in [2.24, 2.45) is 0 Å². The van der Waals surface area contributed by atoms with Crippen molar-refractivity contribution in [3.8, 4) is 0 Å². The van der Waals surface area contributed by atoms with Crippen LogP contribution < -0.4 is 5.48 Å². The van der Waals surface area contributed by atoms with Crippen LogP contribution >= 0.6 is 0 Å². The minimum absolute atomic E-state index is 0.153. The third-order valence-electron chi connectivity index (χ3n) is 2.84. The maximum atomic E-state index is 11.5. The van der Waals surface area contributed by atoms with Crippen LogP contribution in [-0.4, -0.2) is 75.3 Å². The number of hydrogen-bond acceptors (Lipinski definition) is 6. The molecule has 0 spiro atoms. The summed E-state index contributed by atoms with van der Waals surface area (Å²) < 4.78 is 4.98. The van der Waals surface area contributed by atoms with Gasteiger partial charge in [-0.15, -0.1) is 0 Å². The molecule has 1 aliphatic rings. The average Bonchev–Trinajstić information content (AvgIpc) is 2.24. The lowest BCUT2D eigenvalue weighted by molar-refractivity contribution is -0.146. The van der Waals surface area contributed by atoms with E-state index in [1.807, 2.05) is 6.92 Å². The Morgan fingerprint density at radius 1 is 1.53 bits per heavy atom. The molecule has 1 rings (SSSR count). The SMILES string of the molecule is CCOC(=O)CN(CCNOC)C1CN(C)C1. The van der Waals surface area contributed by atoms with Gasteiger partial charge in [-0.3, -0.25) is 9.69 Å². The van der Waals surface area contributed by atoms with Crippen molar-refractivity contribution >= 4 is 5.97 Å². The second-order valence-corrected chi connectivity index (χ2v) is 4.25. The highest BCUT2D eigenvalue weighted by Gasteiger charge is 2.30. The molecule has 0 aliphatic carbocycles. The predicted molar refractivity (Wildman–Crippen MR) is 64.5 cm³/mol. The number of esters is 1. The highest BCUT2D eigenvalue weighted by molar-refractivity contribution is 5.71. The molecule has 1 aliphatic heterocycles. The zero-order valence-corrected chi connectivity index (χ0v) is 10.9. The fourth-order valence-electron chi connectivity index (χ4n) is 1.95. The summed E-state index contributed by atoms with van der Waals surface area (Å²) in [6.07, 6.45) is 0. The van der Waals surface area contributed by atoms with Crippen molar-refractivity contribution in [3.63, 3.8) is 0 Å². The van der Waals surface area contributed by atoms with E-state index in [1.165, 1.54) is 0 Å². The molecule has 0 aromatic rings. The van der Waals surface area contributed by atoms with Gasteiger partial charge in [0.25, 0.3) is 0 Å². The van der Waals surface area contributed by atoms with Crippen molar-refractivity contribution in [1.29, 1.82) is 0 Å². The van der Waals surface area contributed by atoms with Crippen LogP contribution in [0, 0.1) is 0 Å². The second-order valence-electron chi connectivity index (χ2n) is 4.25. The summed E-state index contributed by atoms with van der Waals surface area (Å²) in [4.78, 5) is 20.6. The highest BCUT2D eigenvalue weighted by Crippen LogP contribution is 2.12. The smallest absolute Gasteiger partial charge is 0.320 e. The van der Waals surface area contributed by atoms with Crippen LogP contribution in [0.4, 0.5) is 0 Å². The van der Waals surface area contributed by atoms with Gasteiger partial charge >= 0.3 is 5.97 Å². The molecule has 1 heterocycles.